The Labute approximate surface area is 123 Å². The molecule has 2 nitrogen and oxygen atoms in total. The molecule has 1 aromatic heterocycles. The van der Waals surface area contributed by atoms with Crippen LogP contribution < -0.4 is 5.32 Å². The molecule has 1 heterocycles. The number of nitrogens with zero attached hydrogens (tertiary/aromatic N) is 1. The maximum Gasteiger partial charge on any atom is 0.0488 e. The van der Waals surface area contributed by atoms with Gasteiger partial charge in [-0.2, -0.15) is 0 Å². The predicted molar refractivity (Wildman–Crippen MR) is 83.2 cm³/mol. The van der Waals surface area contributed by atoms with Crippen molar-refractivity contribution in [3.63, 3.8) is 0 Å². The van der Waals surface area contributed by atoms with Gasteiger partial charge in [0.15, 0.2) is 0 Å². The minimum Gasteiger partial charge on any atom is -0.380 e. The molecule has 0 bridgehead atoms. The zero-order valence-electron chi connectivity index (χ0n) is 9.37. The molecule has 17 heavy (non-hydrogen) atoms. The molecule has 0 fully saturated rings. The van der Waals surface area contributed by atoms with Crippen molar-refractivity contribution in [2.24, 2.45) is 0 Å². The van der Waals surface area contributed by atoms with E-state index >= 15 is 0 Å². The molecule has 2 aromatic rings. The van der Waals surface area contributed by atoms with E-state index in [4.69, 9.17) is 0 Å². The Kier molecular flexibility index (Phi) is 4.39. The van der Waals surface area contributed by atoms with Crippen LogP contribution in [0.3, 0.4) is 0 Å². The number of hydrogen-bond acceptors (Lipinski definition) is 2. The van der Waals surface area contributed by atoms with Crippen LogP contribution >= 0.6 is 38.5 Å². The normalized spacial score (nSPS) is 10.3. The lowest BCUT2D eigenvalue weighted by Crippen LogP contribution is -2.00. The van der Waals surface area contributed by atoms with Crippen LogP contribution in [0.5, 0.6) is 0 Å². The Balaban J connectivity index is 2.04. The van der Waals surface area contributed by atoms with E-state index in [1.54, 1.807) is 0 Å². The van der Waals surface area contributed by atoms with Gasteiger partial charge in [-0.25, -0.2) is 0 Å². The van der Waals surface area contributed by atoms with E-state index in [0.29, 0.717) is 0 Å². The fourth-order valence-electron chi connectivity index (χ4n) is 1.43. The molecule has 0 aliphatic carbocycles. The molecule has 0 amide bonds. The quantitative estimate of drug-likeness (QED) is 0.771. The van der Waals surface area contributed by atoms with Gasteiger partial charge in [-0.05, 0) is 75.3 Å². The lowest BCUT2D eigenvalue weighted by atomic mass is 10.2. The fourth-order valence-corrected chi connectivity index (χ4v) is 2.87. The first kappa shape index (κ1) is 12.8. The van der Waals surface area contributed by atoms with Gasteiger partial charge in [0.1, 0.15) is 0 Å². The number of aromatic nitrogens is 1. The number of hydrogen-bond donors (Lipinski definition) is 1. The minimum absolute atomic E-state index is 0.784. The Morgan fingerprint density at radius 2 is 2.12 bits per heavy atom. The number of pyridine rings is 1. The third kappa shape index (κ3) is 3.67. The summed E-state index contributed by atoms with van der Waals surface area (Å²) in [6.07, 6.45) is 1.91. The van der Waals surface area contributed by atoms with Crippen molar-refractivity contribution in [2.75, 3.05) is 5.32 Å². The third-order valence-corrected chi connectivity index (χ3v) is 3.71. The molecule has 0 saturated carbocycles. The van der Waals surface area contributed by atoms with Crippen LogP contribution in [-0.2, 0) is 6.54 Å². The van der Waals surface area contributed by atoms with E-state index < -0.39 is 0 Å². The number of benzene rings is 1. The summed E-state index contributed by atoms with van der Waals surface area (Å²) < 4.78 is 2.31. The number of nitrogens with one attached hydrogen (secondary N) is 1. The highest BCUT2D eigenvalue weighted by Gasteiger charge is 2.00. The van der Waals surface area contributed by atoms with Gasteiger partial charge in [-0.15, -0.1) is 0 Å². The highest BCUT2D eigenvalue weighted by molar-refractivity contribution is 14.1. The van der Waals surface area contributed by atoms with Crippen LogP contribution in [0.25, 0.3) is 0 Å². The van der Waals surface area contributed by atoms with Gasteiger partial charge < -0.3 is 5.32 Å². The monoisotopic (exact) mass is 402 g/mol. The molecule has 2 rings (SSSR count). The predicted octanol–water partition coefficient (Wildman–Crippen LogP) is 4.37. The SMILES string of the molecule is Cc1ccc(CNc2ccc(I)cc2Br)cn1. The van der Waals surface area contributed by atoms with Gasteiger partial charge in [-0.1, -0.05) is 6.07 Å². The van der Waals surface area contributed by atoms with Crippen LogP contribution in [-0.4, -0.2) is 4.98 Å². The van der Waals surface area contributed by atoms with Gasteiger partial charge in [0, 0.05) is 32.2 Å². The van der Waals surface area contributed by atoms with E-state index in [2.05, 4.69) is 73.1 Å². The molecule has 0 radical (unpaired) electrons. The number of rotatable bonds is 3. The molecule has 0 unspecified atom stereocenters. The Hall–Kier alpha value is -0.620. The summed E-state index contributed by atoms with van der Waals surface area (Å²) in [6, 6.07) is 10.4. The molecular weight excluding hydrogens is 391 g/mol. The maximum atomic E-state index is 4.28. The Morgan fingerprint density at radius 3 is 2.76 bits per heavy atom. The summed E-state index contributed by atoms with van der Waals surface area (Å²) in [4.78, 5) is 4.28. The third-order valence-electron chi connectivity index (χ3n) is 2.39. The molecule has 0 saturated heterocycles. The van der Waals surface area contributed by atoms with Crippen molar-refractivity contribution in [1.82, 2.24) is 4.98 Å². The van der Waals surface area contributed by atoms with E-state index in [1.165, 1.54) is 9.13 Å². The molecule has 1 N–H and O–H groups in total. The standard InChI is InChI=1S/C13H12BrIN2/c1-9-2-3-10(7-16-9)8-17-13-5-4-11(15)6-12(13)14/h2-7,17H,8H2,1H3. The lowest BCUT2D eigenvalue weighted by Gasteiger charge is -2.09. The number of aryl methyl sites for hydroxylation is 1. The van der Waals surface area contributed by atoms with Crippen LogP contribution in [0.2, 0.25) is 0 Å². The molecule has 88 valence electrons. The van der Waals surface area contributed by atoms with E-state index in [1.807, 2.05) is 19.2 Å². The van der Waals surface area contributed by atoms with Crippen molar-refractivity contribution >= 4 is 44.2 Å². The first-order chi connectivity index (χ1) is 8.15. The van der Waals surface area contributed by atoms with Gasteiger partial charge in [0.25, 0.3) is 0 Å². The van der Waals surface area contributed by atoms with Gasteiger partial charge >= 0.3 is 0 Å². The highest BCUT2D eigenvalue weighted by atomic mass is 127. The fraction of sp³-hybridized carbons (Fsp3) is 0.154. The van der Waals surface area contributed by atoms with E-state index in [9.17, 15) is 0 Å². The molecule has 0 spiro atoms. The second-order valence-corrected chi connectivity index (χ2v) is 5.89. The molecule has 0 aliphatic rings. The Morgan fingerprint density at radius 1 is 1.29 bits per heavy atom. The number of anilines is 1. The van der Waals surface area contributed by atoms with Gasteiger partial charge in [0.2, 0.25) is 0 Å². The largest absolute Gasteiger partial charge is 0.380 e. The summed E-state index contributed by atoms with van der Waals surface area (Å²) in [6.45, 7) is 2.78. The van der Waals surface area contributed by atoms with Crippen molar-refractivity contribution in [1.29, 1.82) is 0 Å². The first-order valence-corrected chi connectivity index (χ1v) is 7.13. The van der Waals surface area contributed by atoms with Crippen molar-refractivity contribution in [3.8, 4) is 0 Å². The summed E-state index contributed by atoms with van der Waals surface area (Å²) in [5.74, 6) is 0. The molecule has 0 atom stereocenters. The molecule has 4 heteroatoms. The zero-order valence-corrected chi connectivity index (χ0v) is 13.1. The van der Waals surface area contributed by atoms with Crippen LogP contribution in [0.15, 0.2) is 41.0 Å². The molecule has 1 aromatic carbocycles. The average molecular weight is 403 g/mol. The Bertz CT molecular complexity index is 511. The van der Waals surface area contributed by atoms with Crippen molar-refractivity contribution in [2.45, 2.75) is 13.5 Å². The zero-order chi connectivity index (χ0) is 12.3. The summed E-state index contributed by atoms with van der Waals surface area (Å²) >= 11 is 5.85. The second kappa shape index (κ2) is 5.82. The van der Waals surface area contributed by atoms with E-state index in [0.717, 1.165) is 22.4 Å². The average Bonchev–Trinajstić information content (AvgIpc) is 2.30. The van der Waals surface area contributed by atoms with Crippen LogP contribution in [0.4, 0.5) is 5.69 Å². The summed E-state index contributed by atoms with van der Waals surface area (Å²) in [5, 5.41) is 3.39. The molecule has 0 aliphatic heterocycles. The minimum atomic E-state index is 0.784. The van der Waals surface area contributed by atoms with Crippen LogP contribution in [0, 0.1) is 10.5 Å². The van der Waals surface area contributed by atoms with Gasteiger partial charge in [-0.3, -0.25) is 4.98 Å². The van der Waals surface area contributed by atoms with Crippen molar-refractivity contribution in [3.05, 3.63) is 55.8 Å². The molecular formula is C13H12BrIN2. The van der Waals surface area contributed by atoms with Crippen LogP contribution in [0.1, 0.15) is 11.3 Å². The van der Waals surface area contributed by atoms with Gasteiger partial charge in [0.05, 0.1) is 0 Å². The first-order valence-electron chi connectivity index (χ1n) is 5.25. The number of halogens is 2. The maximum absolute atomic E-state index is 4.28. The highest BCUT2D eigenvalue weighted by Crippen LogP contribution is 2.24. The summed E-state index contributed by atoms with van der Waals surface area (Å²) in [7, 11) is 0. The second-order valence-electron chi connectivity index (χ2n) is 3.79. The topological polar surface area (TPSA) is 24.9 Å². The van der Waals surface area contributed by atoms with E-state index in [-0.39, 0.29) is 0 Å². The lowest BCUT2D eigenvalue weighted by molar-refractivity contribution is 1.08. The summed E-state index contributed by atoms with van der Waals surface area (Å²) in [5.41, 5.74) is 3.33. The van der Waals surface area contributed by atoms with Crippen molar-refractivity contribution < 1.29 is 0 Å². The smallest absolute Gasteiger partial charge is 0.0488 e.